The number of hydrogen-bond donors (Lipinski definition) is 1. The first kappa shape index (κ1) is 19.4. The first-order chi connectivity index (χ1) is 12.9. The topological polar surface area (TPSA) is 45.2 Å². The molecule has 2 aromatic rings. The van der Waals surface area contributed by atoms with Crippen LogP contribution in [0.4, 0.5) is 13.2 Å². The number of alkyl halides is 3. The van der Waals surface area contributed by atoms with E-state index in [0.717, 1.165) is 17.7 Å². The molecule has 27 heavy (non-hydrogen) atoms. The van der Waals surface area contributed by atoms with Crippen LogP contribution in [0.1, 0.15) is 18.4 Å². The third-order valence-electron chi connectivity index (χ3n) is 4.81. The molecule has 1 aliphatic heterocycles. The van der Waals surface area contributed by atoms with Crippen LogP contribution in [-0.2, 0) is 11.3 Å². The molecule has 144 valence electrons. The molecular formula is C20H22F3N3O. The van der Waals surface area contributed by atoms with Crippen molar-refractivity contribution in [2.45, 2.75) is 25.6 Å². The lowest BCUT2D eigenvalue weighted by Crippen LogP contribution is -2.42. The number of halogens is 3. The number of pyridine rings is 1. The number of aromatic nitrogens is 1. The Bertz CT molecular complexity index is 757. The molecule has 0 unspecified atom stereocenters. The quantitative estimate of drug-likeness (QED) is 0.865. The molecule has 0 atom stereocenters. The molecule has 0 radical (unpaired) electrons. The van der Waals surface area contributed by atoms with Crippen molar-refractivity contribution in [2.24, 2.45) is 5.92 Å². The van der Waals surface area contributed by atoms with Crippen LogP contribution >= 0.6 is 0 Å². The molecule has 3 rings (SSSR count). The molecule has 1 N–H and O–H groups in total. The van der Waals surface area contributed by atoms with Gasteiger partial charge in [-0.3, -0.25) is 14.7 Å². The summed E-state index contributed by atoms with van der Waals surface area (Å²) in [4.78, 5) is 18.3. The Morgan fingerprint density at radius 3 is 2.56 bits per heavy atom. The van der Waals surface area contributed by atoms with E-state index in [0.29, 0.717) is 25.9 Å². The Kier molecular flexibility index (Phi) is 6.11. The summed E-state index contributed by atoms with van der Waals surface area (Å²) in [7, 11) is 0. The number of carbonyl (C=O) groups is 1. The van der Waals surface area contributed by atoms with Gasteiger partial charge in [0.2, 0.25) is 5.91 Å². The van der Waals surface area contributed by atoms with Crippen LogP contribution in [0, 0.1) is 5.92 Å². The fourth-order valence-corrected chi connectivity index (χ4v) is 3.39. The average molecular weight is 377 g/mol. The largest absolute Gasteiger partial charge is 0.405 e. The van der Waals surface area contributed by atoms with Crippen molar-refractivity contribution in [3.05, 3.63) is 54.4 Å². The van der Waals surface area contributed by atoms with E-state index >= 15 is 0 Å². The maximum atomic E-state index is 12.2. The minimum Gasteiger partial charge on any atom is -0.347 e. The van der Waals surface area contributed by atoms with Crippen molar-refractivity contribution < 1.29 is 18.0 Å². The van der Waals surface area contributed by atoms with Crippen LogP contribution in [0.3, 0.4) is 0 Å². The predicted octanol–water partition coefficient (Wildman–Crippen LogP) is 3.64. The van der Waals surface area contributed by atoms with Gasteiger partial charge in [0.25, 0.3) is 0 Å². The highest BCUT2D eigenvalue weighted by atomic mass is 19.4. The van der Waals surface area contributed by atoms with Crippen LogP contribution in [0.5, 0.6) is 0 Å². The predicted molar refractivity (Wildman–Crippen MR) is 96.7 cm³/mol. The van der Waals surface area contributed by atoms with Crippen LogP contribution in [0.15, 0.2) is 48.8 Å². The van der Waals surface area contributed by atoms with Gasteiger partial charge in [0.1, 0.15) is 6.54 Å². The molecule has 0 bridgehead atoms. The Labute approximate surface area is 156 Å². The summed E-state index contributed by atoms with van der Waals surface area (Å²) < 4.78 is 36.7. The van der Waals surface area contributed by atoms with Crippen molar-refractivity contribution in [3.8, 4) is 11.1 Å². The van der Waals surface area contributed by atoms with Crippen molar-refractivity contribution in [1.82, 2.24) is 15.2 Å². The number of nitrogens with zero attached hydrogens (tertiary/aromatic N) is 2. The highest BCUT2D eigenvalue weighted by Crippen LogP contribution is 2.26. The van der Waals surface area contributed by atoms with Crippen LogP contribution < -0.4 is 5.32 Å². The lowest BCUT2D eigenvalue weighted by Gasteiger charge is -2.31. The van der Waals surface area contributed by atoms with Crippen molar-refractivity contribution in [2.75, 3.05) is 19.6 Å². The van der Waals surface area contributed by atoms with E-state index in [1.54, 1.807) is 6.20 Å². The number of piperidine rings is 1. The zero-order chi connectivity index (χ0) is 19.3. The molecule has 1 saturated heterocycles. The molecule has 1 amide bonds. The lowest BCUT2D eigenvalue weighted by atomic mass is 9.94. The maximum Gasteiger partial charge on any atom is 0.405 e. The third-order valence-corrected chi connectivity index (χ3v) is 4.81. The van der Waals surface area contributed by atoms with Gasteiger partial charge in [0.15, 0.2) is 0 Å². The molecule has 1 aromatic heterocycles. The monoisotopic (exact) mass is 377 g/mol. The minimum absolute atomic E-state index is 0.350. The first-order valence-corrected chi connectivity index (χ1v) is 8.97. The van der Waals surface area contributed by atoms with Crippen LogP contribution in [-0.4, -0.2) is 41.6 Å². The van der Waals surface area contributed by atoms with E-state index in [9.17, 15) is 18.0 Å². The van der Waals surface area contributed by atoms with Gasteiger partial charge in [-0.2, -0.15) is 13.2 Å². The molecule has 1 fully saturated rings. The van der Waals surface area contributed by atoms with Crippen molar-refractivity contribution in [3.63, 3.8) is 0 Å². The van der Waals surface area contributed by atoms with Gasteiger partial charge in [-0.1, -0.05) is 30.3 Å². The third kappa shape index (κ3) is 5.53. The van der Waals surface area contributed by atoms with Gasteiger partial charge < -0.3 is 5.32 Å². The number of likely N-dealkylation sites (tertiary alicyclic amines) is 1. The number of hydrogen-bond acceptors (Lipinski definition) is 3. The Balaban J connectivity index is 1.57. The highest BCUT2D eigenvalue weighted by molar-refractivity contribution is 5.78. The number of amides is 1. The molecule has 7 heteroatoms. The van der Waals surface area contributed by atoms with Gasteiger partial charge in [-0.25, -0.2) is 0 Å². The summed E-state index contributed by atoms with van der Waals surface area (Å²) in [5, 5.41) is 2.00. The van der Waals surface area contributed by atoms with E-state index in [2.05, 4.69) is 22.0 Å². The fraction of sp³-hybridized carbons (Fsp3) is 0.400. The summed E-state index contributed by atoms with van der Waals surface area (Å²) in [6.45, 7) is 0.851. The van der Waals surface area contributed by atoms with Crippen LogP contribution in [0.2, 0.25) is 0 Å². The second kappa shape index (κ2) is 8.52. The fourth-order valence-electron chi connectivity index (χ4n) is 3.39. The second-order valence-corrected chi connectivity index (χ2v) is 6.78. The Hall–Kier alpha value is -2.41. The van der Waals surface area contributed by atoms with Gasteiger partial charge in [0, 0.05) is 30.4 Å². The van der Waals surface area contributed by atoms with Crippen molar-refractivity contribution >= 4 is 5.91 Å². The molecule has 0 spiro atoms. The molecule has 1 aliphatic rings. The van der Waals surface area contributed by atoms with E-state index < -0.39 is 18.6 Å². The summed E-state index contributed by atoms with van der Waals surface area (Å²) in [6, 6.07) is 12.0. The van der Waals surface area contributed by atoms with E-state index in [-0.39, 0.29) is 5.92 Å². The molecule has 2 heterocycles. The van der Waals surface area contributed by atoms with Crippen molar-refractivity contribution in [1.29, 1.82) is 0 Å². The summed E-state index contributed by atoms with van der Waals surface area (Å²) in [6.07, 6.45) is 0.334. The van der Waals surface area contributed by atoms with Gasteiger partial charge in [-0.15, -0.1) is 0 Å². The van der Waals surface area contributed by atoms with Gasteiger partial charge in [0.05, 0.1) is 0 Å². The highest BCUT2D eigenvalue weighted by Gasteiger charge is 2.31. The molecule has 0 aliphatic carbocycles. The standard InChI is InChI=1S/C20H22F3N3O/c21-20(22,23)14-25-19(27)15-7-10-26(11-8-15)13-17-4-1-2-6-18(17)16-5-3-9-24-12-16/h1-6,9,12,15H,7-8,10-11,13-14H2,(H,25,27). The zero-order valence-electron chi connectivity index (χ0n) is 14.9. The summed E-state index contributed by atoms with van der Waals surface area (Å²) in [5.41, 5.74) is 3.34. The number of carbonyl (C=O) groups excluding carboxylic acids is 1. The average Bonchev–Trinajstić information content (AvgIpc) is 2.67. The van der Waals surface area contributed by atoms with E-state index in [1.807, 2.05) is 35.8 Å². The number of rotatable bonds is 5. The maximum absolute atomic E-state index is 12.2. The smallest absolute Gasteiger partial charge is 0.347 e. The molecule has 4 nitrogen and oxygen atoms in total. The molecule has 0 saturated carbocycles. The molecule has 1 aromatic carbocycles. The number of nitrogens with one attached hydrogen (secondary N) is 1. The Morgan fingerprint density at radius 1 is 1.15 bits per heavy atom. The first-order valence-electron chi connectivity index (χ1n) is 8.97. The summed E-state index contributed by atoms with van der Waals surface area (Å²) >= 11 is 0. The van der Waals surface area contributed by atoms with E-state index in [4.69, 9.17) is 0 Å². The van der Waals surface area contributed by atoms with E-state index in [1.165, 1.54) is 5.56 Å². The Morgan fingerprint density at radius 2 is 1.89 bits per heavy atom. The number of benzene rings is 1. The summed E-state index contributed by atoms with van der Waals surface area (Å²) in [5.74, 6) is -0.847. The van der Waals surface area contributed by atoms with Gasteiger partial charge in [-0.05, 0) is 43.1 Å². The lowest BCUT2D eigenvalue weighted by molar-refractivity contribution is -0.141. The normalized spacial score (nSPS) is 16.3. The second-order valence-electron chi connectivity index (χ2n) is 6.78. The minimum atomic E-state index is -4.37. The molecular weight excluding hydrogens is 355 g/mol. The van der Waals surface area contributed by atoms with Crippen LogP contribution in [0.25, 0.3) is 11.1 Å². The zero-order valence-corrected chi connectivity index (χ0v) is 14.9. The SMILES string of the molecule is O=C(NCC(F)(F)F)C1CCN(Cc2ccccc2-c2cccnc2)CC1. The van der Waals surface area contributed by atoms with Gasteiger partial charge >= 0.3 is 6.18 Å².